The highest BCUT2D eigenvalue weighted by Crippen LogP contribution is 2.27. The van der Waals surface area contributed by atoms with Gasteiger partial charge in [-0.25, -0.2) is 9.59 Å². The van der Waals surface area contributed by atoms with Crippen LogP contribution in [0.1, 0.15) is 22.2 Å². The topological polar surface area (TPSA) is 69.3 Å². The lowest BCUT2D eigenvalue weighted by Crippen LogP contribution is -2.21. The van der Waals surface area contributed by atoms with E-state index in [9.17, 15) is 14.4 Å². The first-order valence-electron chi connectivity index (χ1n) is 4.57. The van der Waals surface area contributed by atoms with Crippen LogP contribution in [-0.4, -0.2) is 10.4 Å². The minimum Gasteiger partial charge on any atom is -0.372 e. The first-order chi connectivity index (χ1) is 7.43. The van der Waals surface area contributed by atoms with Gasteiger partial charge in [0.05, 0.1) is 10.3 Å². The molecule has 16 heavy (non-hydrogen) atoms. The summed E-state index contributed by atoms with van der Waals surface area (Å²) in [5, 5.41) is 0.317. The van der Waals surface area contributed by atoms with Crippen molar-refractivity contribution in [2.45, 2.75) is 13.8 Å². The number of carbonyl (C=O) groups is 1. The molecule has 6 heteroatoms. The third kappa shape index (κ3) is 1.34. The highest BCUT2D eigenvalue weighted by molar-refractivity contribution is 7.20. The van der Waals surface area contributed by atoms with Crippen LogP contribution < -0.4 is 11.4 Å². The minimum atomic E-state index is -0.714. The molecule has 0 aliphatic rings. The third-order valence-corrected chi connectivity index (χ3v) is 3.88. The predicted octanol–water partition coefficient (Wildman–Crippen LogP) is 1.06. The third-order valence-electron chi connectivity index (χ3n) is 2.41. The fraction of sp³-hybridized carbons (Fsp3) is 0.300. The van der Waals surface area contributed by atoms with Crippen molar-refractivity contribution in [3.05, 3.63) is 31.4 Å². The fourth-order valence-corrected chi connectivity index (χ4v) is 2.73. The summed E-state index contributed by atoms with van der Waals surface area (Å²) in [5.74, 6) is -0.834. The Balaban J connectivity index is 3.08. The maximum atomic E-state index is 11.5. The summed E-state index contributed by atoms with van der Waals surface area (Å²) < 4.78 is 5.78. The van der Waals surface area contributed by atoms with Gasteiger partial charge in [-0.1, -0.05) is 0 Å². The summed E-state index contributed by atoms with van der Waals surface area (Å²) >= 11 is 1.14. The molecule has 5 nitrogen and oxygen atoms in total. The van der Waals surface area contributed by atoms with E-state index >= 15 is 0 Å². The number of Topliss-reactive ketones (excluding diaryl/α,β-unsaturated/α-hetero) is 1. The molecule has 0 fully saturated rings. The first-order valence-corrected chi connectivity index (χ1v) is 5.39. The van der Waals surface area contributed by atoms with Gasteiger partial charge >= 0.3 is 11.4 Å². The standard InChI is InChI=1S/C10H9NO4S/c1-4-6-8(16-7(4)5(2)12)11(3)10(14)15-9(6)13/h1-3H3. The number of hydrogen-bond acceptors (Lipinski definition) is 5. The summed E-state index contributed by atoms with van der Waals surface area (Å²) in [4.78, 5) is 35.1. The molecule has 0 amide bonds. The number of nitrogens with zero attached hydrogens (tertiary/aromatic N) is 1. The molecule has 2 aromatic rings. The van der Waals surface area contributed by atoms with Gasteiger partial charge in [-0.15, -0.1) is 11.3 Å². The van der Waals surface area contributed by atoms with Crippen LogP contribution in [0.3, 0.4) is 0 Å². The number of fused-ring (bicyclic) bond motifs is 1. The second-order valence-electron chi connectivity index (χ2n) is 3.51. The molecular formula is C10H9NO4S. The van der Waals surface area contributed by atoms with Gasteiger partial charge < -0.3 is 4.42 Å². The zero-order valence-electron chi connectivity index (χ0n) is 8.99. The van der Waals surface area contributed by atoms with Gasteiger partial charge in [0.2, 0.25) is 0 Å². The molecular weight excluding hydrogens is 230 g/mol. The van der Waals surface area contributed by atoms with Crippen LogP contribution in [0, 0.1) is 6.92 Å². The molecule has 0 aliphatic heterocycles. The number of aromatic nitrogens is 1. The van der Waals surface area contributed by atoms with Crippen molar-refractivity contribution in [3.8, 4) is 0 Å². The Morgan fingerprint density at radius 3 is 2.56 bits per heavy atom. The SMILES string of the molecule is CC(=O)c1sc2c(c1C)c(=O)oc(=O)n2C. The summed E-state index contributed by atoms with van der Waals surface area (Å²) in [7, 11) is 1.51. The smallest absolute Gasteiger partial charge is 0.372 e. The zero-order chi connectivity index (χ0) is 12.0. The molecule has 0 aromatic carbocycles. The molecule has 0 aliphatic carbocycles. The molecule has 0 bridgehead atoms. The molecule has 0 spiro atoms. The number of carbonyl (C=O) groups excluding carboxylic acids is 1. The van der Waals surface area contributed by atoms with E-state index in [1.807, 2.05) is 0 Å². The van der Waals surface area contributed by atoms with E-state index in [0.717, 1.165) is 11.3 Å². The van der Waals surface area contributed by atoms with Gasteiger partial charge in [0, 0.05) is 7.05 Å². The summed E-state index contributed by atoms with van der Waals surface area (Å²) in [6, 6.07) is 0. The number of hydrogen-bond donors (Lipinski definition) is 0. The van der Waals surface area contributed by atoms with Gasteiger partial charge in [-0.2, -0.15) is 0 Å². The molecule has 84 valence electrons. The quantitative estimate of drug-likeness (QED) is 0.698. The van der Waals surface area contributed by atoms with Crippen LogP contribution in [0.5, 0.6) is 0 Å². The summed E-state index contributed by atoms with van der Waals surface area (Å²) in [5.41, 5.74) is -0.101. The van der Waals surface area contributed by atoms with Crippen LogP contribution >= 0.6 is 11.3 Å². The van der Waals surface area contributed by atoms with Crippen molar-refractivity contribution in [2.75, 3.05) is 0 Å². The number of ketones is 1. The van der Waals surface area contributed by atoms with Crippen molar-refractivity contribution in [1.29, 1.82) is 0 Å². The van der Waals surface area contributed by atoms with E-state index in [4.69, 9.17) is 0 Å². The van der Waals surface area contributed by atoms with Crippen molar-refractivity contribution in [3.63, 3.8) is 0 Å². The second-order valence-corrected chi connectivity index (χ2v) is 4.51. The minimum absolute atomic E-state index is 0.120. The van der Waals surface area contributed by atoms with E-state index in [2.05, 4.69) is 4.42 Å². The Morgan fingerprint density at radius 2 is 2.00 bits per heavy atom. The number of aryl methyl sites for hydroxylation is 2. The van der Waals surface area contributed by atoms with Gasteiger partial charge in [0.25, 0.3) is 0 Å². The van der Waals surface area contributed by atoms with Gasteiger partial charge in [0.15, 0.2) is 5.78 Å². The van der Waals surface area contributed by atoms with E-state index in [-0.39, 0.29) is 5.78 Å². The highest BCUT2D eigenvalue weighted by atomic mass is 32.1. The van der Waals surface area contributed by atoms with Crippen LogP contribution in [0.25, 0.3) is 10.2 Å². The van der Waals surface area contributed by atoms with Crippen molar-refractivity contribution < 1.29 is 9.21 Å². The Kier molecular flexibility index (Phi) is 2.31. The lowest BCUT2D eigenvalue weighted by Gasteiger charge is -1.95. The molecule has 2 heterocycles. The summed E-state index contributed by atoms with van der Waals surface area (Å²) in [6.45, 7) is 3.11. The van der Waals surface area contributed by atoms with E-state index in [1.54, 1.807) is 6.92 Å². The van der Waals surface area contributed by atoms with Crippen molar-refractivity contribution >= 4 is 27.3 Å². The highest BCUT2D eigenvalue weighted by Gasteiger charge is 2.18. The largest absolute Gasteiger partial charge is 0.422 e. The number of thiophene rings is 1. The lowest BCUT2D eigenvalue weighted by atomic mass is 10.2. The molecule has 0 atom stereocenters. The van der Waals surface area contributed by atoms with Crippen LogP contribution in [0.2, 0.25) is 0 Å². The Bertz CT molecular complexity index is 704. The average Bonchev–Trinajstić information content (AvgIpc) is 2.53. The van der Waals surface area contributed by atoms with Crippen LogP contribution in [0.15, 0.2) is 14.0 Å². The van der Waals surface area contributed by atoms with E-state index in [0.29, 0.717) is 20.7 Å². The molecule has 0 saturated heterocycles. The maximum absolute atomic E-state index is 11.5. The van der Waals surface area contributed by atoms with Gasteiger partial charge in [-0.3, -0.25) is 9.36 Å². The molecule has 2 aromatic heterocycles. The first kappa shape index (κ1) is 10.8. The van der Waals surface area contributed by atoms with E-state index < -0.39 is 11.4 Å². The normalized spacial score (nSPS) is 10.9. The Hall–Kier alpha value is -1.69. The van der Waals surface area contributed by atoms with Crippen molar-refractivity contribution in [2.24, 2.45) is 7.05 Å². The van der Waals surface area contributed by atoms with Crippen LogP contribution in [0.4, 0.5) is 0 Å². The molecule has 0 saturated carbocycles. The van der Waals surface area contributed by atoms with Crippen molar-refractivity contribution in [1.82, 2.24) is 4.57 Å². The maximum Gasteiger partial charge on any atom is 0.422 e. The summed E-state index contributed by atoms with van der Waals surface area (Å²) in [6.07, 6.45) is 0. The Labute approximate surface area is 93.9 Å². The second kappa shape index (κ2) is 3.41. The average molecular weight is 239 g/mol. The molecule has 0 unspecified atom stereocenters. The van der Waals surface area contributed by atoms with Gasteiger partial charge in [-0.05, 0) is 19.4 Å². The zero-order valence-corrected chi connectivity index (χ0v) is 9.80. The van der Waals surface area contributed by atoms with Gasteiger partial charge in [0.1, 0.15) is 4.83 Å². The fourth-order valence-electron chi connectivity index (χ4n) is 1.59. The van der Waals surface area contributed by atoms with E-state index in [1.165, 1.54) is 18.5 Å². The molecule has 2 rings (SSSR count). The monoisotopic (exact) mass is 239 g/mol. The number of rotatable bonds is 1. The molecule has 0 N–H and O–H groups in total. The molecule has 0 radical (unpaired) electrons. The lowest BCUT2D eigenvalue weighted by molar-refractivity contribution is 0.102. The van der Waals surface area contributed by atoms with Crippen LogP contribution in [-0.2, 0) is 7.05 Å². The Morgan fingerprint density at radius 1 is 1.38 bits per heavy atom. The predicted molar refractivity (Wildman–Crippen MR) is 60.3 cm³/mol.